The molecule has 1 rings (SSSR count). The topological polar surface area (TPSA) is 62.9 Å². The van der Waals surface area contributed by atoms with E-state index >= 15 is 0 Å². The highest BCUT2D eigenvalue weighted by molar-refractivity contribution is 5.93. The molecular formula is C11H17NO4. The number of furan rings is 1. The van der Waals surface area contributed by atoms with Crippen LogP contribution in [0.5, 0.6) is 0 Å². The van der Waals surface area contributed by atoms with Gasteiger partial charge in [-0.2, -0.15) is 0 Å². The van der Waals surface area contributed by atoms with Crippen LogP contribution in [0.25, 0.3) is 0 Å². The fraction of sp³-hybridized carbons (Fsp3) is 0.545. The van der Waals surface area contributed by atoms with Crippen LogP contribution in [-0.2, 0) is 4.74 Å². The zero-order chi connectivity index (χ0) is 12.1. The monoisotopic (exact) mass is 227 g/mol. The highest BCUT2D eigenvalue weighted by atomic mass is 16.5. The van der Waals surface area contributed by atoms with Gasteiger partial charge in [-0.05, 0) is 13.0 Å². The standard InChI is InChI=1S/C11H17NO4/c1-8-4-9(6-16-8)11(14)12(2)5-10(13)7-15-3/h4,6,10,13H,5,7H2,1-3H3. The first-order valence-electron chi connectivity index (χ1n) is 5.02. The number of aliphatic hydroxyl groups excluding tert-OH is 1. The Labute approximate surface area is 94.6 Å². The summed E-state index contributed by atoms with van der Waals surface area (Å²) >= 11 is 0. The minimum atomic E-state index is -0.674. The number of amides is 1. The first-order chi connectivity index (χ1) is 7.54. The Morgan fingerprint density at radius 3 is 2.88 bits per heavy atom. The molecule has 1 unspecified atom stereocenters. The summed E-state index contributed by atoms with van der Waals surface area (Å²) in [5.74, 6) is 0.515. The molecular weight excluding hydrogens is 210 g/mol. The van der Waals surface area contributed by atoms with Crippen molar-refractivity contribution < 1.29 is 19.1 Å². The molecule has 0 aliphatic heterocycles. The third kappa shape index (κ3) is 3.36. The lowest BCUT2D eigenvalue weighted by Crippen LogP contribution is -2.36. The molecule has 1 aromatic rings. The zero-order valence-electron chi connectivity index (χ0n) is 9.77. The second-order valence-corrected chi connectivity index (χ2v) is 3.74. The first kappa shape index (κ1) is 12.7. The average molecular weight is 227 g/mol. The molecule has 5 nitrogen and oxygen atoms in total. The van der Waals surface area contributed by atoms with Gasteiger partial charge in [0.15, 0.2) is 0 Å². The zero-order valence-corrected chi connectivity index (χ0v) is 9.77. The van der Waals surface area contributed by atoms with Crippen LogP contribution in [0, 0.1) is 6.92 Å². The molecule has 0 aromatic carbocycles. The second kappa shape index (κ2) is 5.67. The highest BCUT2D eigenvalue weighted by Crippen LogP contribution is 2.09. The van der Waals surface area contributed by atoms with Gasteiger partial charge in [0.25, 0.3) is 5.91 Å². The van der Waals surface area contributed by atoms with Gasteiger partial charge in [-0.15, -0.1) is 0 Å². The van der Waals surface area contributed by atoms with Gasteiger partial charge in [0.05, 0.1) is 18.3 Å². The molecule has 0 radical (unpaired) electrons. The Morgan fingerprint density at radius 2 is 2.38 bits per heavy atom. The fourth-order valence-electron chi connectivity index (χ4n) is 1.42. The van der Waals surface area contributed by atoms with Crippen molar-refractivity contribution in [1.82, 2.24) is 4.90 Å². The SMILES string of the molecule is COCC(O)CN(C)C(=O)c1coc(C)c1. The number of carbonyl (C=O) groups is 1. The molecule has 5 heteroatoms. The van der Waals surface area contributed by atoms with Gasteiger partial charge < -0.3 is 19.2 Å². The fourth-order valence-corrected chi connectivity index (χ4v) is 1.42. The van der Waals surface area contributed by atoms with Crippen molar-refractivity contribution in [2.45, 2.75) is 13.0 Å². The molecule has 0 saturated carbocycles. The predicted octanol–water partition coefficient (Wildman–Crippen LogP) is 0.667. The number of hydrogen-bond acceptors (Lipinski definition) is 4. The van der Waals surface area contributed by atoms with Crippen LogP contribution in [0.3, 0.4) is 0 Å². The Morgan fingerprint density at radius 1 is 1.69 bits per heavy atom. The molecule has 0 saturated heterocycles. The van der Waals surface area contributed by atoms with Crippen molar-refractivity contribution in [2.75, 3.05) is 27.3 Å². The van der Waals surface area contributed by atoms with Crippen LogP contribution >= 0.6 is 0 Å². The van der Waals surface area contributed by atoms with E-state index in [1.165, 1.54) is 18.3 Å². The van der Waals surface area contributed by atoms with Crippen LogP contribution in [0.2, 0.25) is 0 Å². The van der Waals surface area contributed by atoms with Crippen LogP contribution < -0.4 is 0 Å². The second-order valence-electron chi connectivity index (χ2n) is 3.74. The van der Waals surface area contributed by atoms with E-state index in [0.29, 0.717) is 11.3 Å². The van der Waals surface area contributed by atoms with E-state index in [9.17, 15) is 9.90 Å². The number of aliphatic hydroxyl groups is 1. The summed E-state index contributed by atoms with van der Waals surface area (Å²) in [5, 5.41) is 9.48. The number of carbonyl (C=O) groups excluding carboxylic acids is 1. The molecule has 1 atom stereocenters. The van der Waals surface area contributed by atoms with E-state index < -0.39 is 6.10 Å². The Kier molecular flexibility index (Phi) is 4.52. The Bertz CT molecular complexity index is 348. The van der Waals surface area contributed by atoms with Gasteiger partial charge in [0.2, 0.25) is 0 Å². The number of nitrogens with zero attached hydrogens (tertiary/aromatic N) is 1. The summed E-state index contributed by atoms with van der Waals surface area (Å²) in [6.07, 6.45) is 0.739. The molecule has 0 bridgehead atoms. The van der Waals surface area contributed by atoms with Crippen molar-refractivity contribution in [3.05, 3.63) is 23.7 Å². The van der Waals surface area contributed by atoms with Gasteiger partial charge in [-0.3, -0.25) is 4.79 Å². The van der Waals surface area contributed by atoms with Crippen molar-refractivity contribution in [1.29, 1.82) is 0 Å². The number of aryl methyl sites for hydroxylation is 1. The number of rotatable bonds is 5. The van der Waals surface area contributed by atoms with E-state index in [1.54, 1.807) is 20.0 Å². The first-order valence-corrected chi connectivity index (χ1v) is 5.02. The van der Waals surface area contributed by atoms with Gasteiger partial charge in [-0.1, -0.05) is 0 Å². The van der Waals surface area contributed by atoms with E-state index in [-0.39, 0.29) is 19.1 Å². The average Bonchev–Trinajstić information content (AvgIpc) is 2.64. The van der Waals surface area contributed by atoms with Crippen LogP contribution in [0.15, 0.2) is 16.7 Å². The van der Waals surface area contributed by atoms with Gasteiger partial charge >= 0.3 is 0 Å². The molecule has 90 valence electrons. The summed E-state index contributed by atoms with van der Waals surface area (Å²) in [7, 11) is 3.13. The van der Waals surface area contributed by atoms with Crippen molar-refractivity contribution in [3.8, 4) is 0 Å². The lowest BCUT2D eigenvalue weighted by Gasteiger charge is -2.19. The van der Waals surface area contributed by atoms with Gasteiger partial charge in [0, 0.05) is 20.7 Å². The lowest BCUT2D eigenvalue weighted by atomic mass is 10.2. The third-order valence-electron chi connectivity index (χ3n) is 2.17. The third-order valence-corrected chi connectivity index (χ3v) is 2.17. The van der Waals surface area contributed by atoms with E-state index in [2.05, 4.69) is 0 Å². The maximum absolute atomic E-state index is 11.8. The number of methoxy groups -OCH3 is 1. The maximum Gasteiger partial charge on any atom is 0.256 e. The largest absolute Gasteiger partial charge is 0.469 e. The minimum Gasteiger partial charge on any atom is -0.469 e. The van der Waals surface area contributed by atoms with E-state index in [4.69, 9.17) is 9.15 Å². The van der Waals surface area contributed by atoms with Crippen LogP contribution in [-0.4, -0.2) is 49.3 Å². The molecule has 1 aromatic heterocycles. The normalized spacial score (nSPS) is 12.5. The summed E-state index contributed by atoms with van der Waals surface area (Å²) in [5.41, 5.74) is 0.490. The molecule has 0 spiro atoms. The van der Waals surface area contributed by atoms with Crippen LogP contribution in [0.1, 0.15) is 16.1 Å². The molecule has 0 aliphatic rings. The van der Waals surface area contributed by atoms with Crippen LogP contribution in [0.4, 0.5) is 0 Å². The molecule has 16 heavy (non-hydrogen) atoms. The Balaban J connectivity index is 2.54. The number of ether oxygens (including phenoxy) is 1. The van der Waals surface area contributed by atoms with E-state index in [1.807, 2.05) is 0 Å². The highest BCUT2D eigenvalue weighted by Gasteiger charge is 2.16. The summed E-state index contributed by atoms with van der Waals surface area (Å²) in [6.45, 7) is 2.22. The quantitative estimate of drug-likeness (QED) is 0.803. The summed E-state index contributed by atoms with van der Waals surface area (Å²) in [4.78, 5) is 13.3. The molecule has 0 aliphatic carbocycles. The number of likely N-dealkylation sites (N-methyl/N-ethyl adjacent to an activating group) is 1. The number of hydrogen-bond donors (Lipinski definition) is 1. The molecule has 1 N–H and O–H groups in total. The van der Waals surface area contributed by atoms with E-state index in [0.717, 1.165) is 0 Å². The van der Waals surface area contributed by atoms with Crippen molar-refractivity contribution >= 4 is 5.91 Å². The molecule has 1 heterocycles. The minimum absolute atomic E-state index is 0.174. The van der Waals surface area contributed by atoms with Gasteiger partial charge in [-0.25, -0.2) is 0 Å². The lowest BCUT2D eigenvalue weighted by molar-refractivity contribution is 0.0380. The smallest absolute Gasteiger partial charge is 0.256 e. The molecule has 1 amide bonds. The summed E-state index contributed by atoms with van der Waals surface area (Å²) in [6, 6.07) is 1.67. The van der Waals surface area contributed by atoms with Gasteiger partial charge in [0.1, 0.15) is 12.0 Å². The van der Waals surface area contributed by atoms with Crippen molar-refractivity contribution in [2.24, 2.45) is 0 Å². The maximum atomic E-state index is 11.8. The summed E-state index contributed by atoms with van der Waals surface area (Å²) < 4.78 is 9.84. The Hall–Kier alpha value is -1.33. The molecule has 0 fully saturated rings. The predicted molar refractivity (Wildman–Crippen MR) is 58.3 cm³/mol. The van der Waals surface area contributed by atoms with Crippen molar-refractivity contribution in [3.63, 3.8) is 0 Å².